The number of nitrogens with one attached hydrogen (secondary N) is 2. The molecule has 0 aliphatic heterocycles. The molecule has 1 heterocycles. The first-order valence-electron chi connectivity index (χ1n) is 9.89. The van der Waals surface area contributed by atoms with Gasteiger partial charge >= 0.3 is 0 Å². The van der Waals surface area contributed by atoms with E-state index in [2.05, 4.69) is 10.3 Å². The smallest absolute Gasteiger partial charge is 0.224 e. The molecule has 2 N–H and O–H groups in total. The van der Waals surface area contributed by atoms with Crippen LogP contribution in [0, 0.1) is 5.82 Å². The molecule has 30 heavy (non-hydrogen) atoms. The highest BCUT2D eigenvalue weighted by atomic mass is 19.1. The predicted molar refractivity (Wildman–Crippen MR) is 115 cm³/mol. The topological polar surface area (TPSA) is 54.1 Å². The number of H-pyrrole nitrogens is 1. The van der Waals surface area contributed by atoms with E-state index in [9.17, 15) is 9.18 Å². The van der Waals surface area contributed by atoms with Gasteiger partial charge in [0.2, 0.25) is 5.91 Å². The minimum absolute atomic E-state index is 0.101. The van der Waals surface area contributed by atoms with E-state index in [1.165, 1.54) is 12.1 Å². The molecule has 0 saturated carbocycles. The van der Waals surface area contributed by atoms with Crippen molar-refractivity contribution in [1.82, 2.24) is 10.3 Å². The summed E-state index contributed by atoms with van der Waals surface area (Å²) in [6.45, 7) is 1.57. The summed E-state index contributed by atoms with van der Waals surface area (Å²) in [6.07, 6.45) is 1.96. The van der Waals surface area contributed by atoms with Gasteiger partial charge in [0, 0.05) is 23.6 Å². The minimum Gasteiger partial charge on any atom is -0.372 e. The Morgan fingerprint density at radius 3 is 2.37 bits per heavy atom. The lowest BCUT2D eigenvalue weighted by Crippen LogP contribution is -2.24. The number of aromatic nitrogens is 1. The molecule has 0 radical (unpaired) electrons. The number of halogens is 1. The molecule has 0 fully saturated rings. The van der Waals surface area contributed by atoms with Crippen LogP contribution in [-0.2, 0) is 35.7 Å². The lowest BCUT2D eigenvalue weighted by molar-refractivity contribution is -0.120. The number of benzene rings is 3. The van der Waals surface area contributed by atoms with E-state index in [4.69, 9.17) is 4.74 Å². The van der Waals surface area contributed by atoms with Crippen LogP contribution in [0.25, 0.3) is 10.9 Å². The molecule has 0 unspecified atom stereocenters. The third kappa shape index (κ3) is 5.13. The number of amides is 1. The second-order valence-corrected chi connectivity index (χ2v) is 7.25. The van der Waals surface area contributed by atoms with Gasteiger partial charge in [-0.15, -0.1) is 0 Å². The summed E-state index contributed by atoms with van der Waals surface area (Å²) in [4.78, 5) is 15.4. The van der Waals surface area contributed by atoms with Crippen LogP contribution in [-0.4, -0.2) is 10.9 Å². The maximum Gasteiger partial charge on any atom is 0.224 e. The van der Waals surface area contributed by atoms with E-state index in [-0.39, 0.29) is 18.1 Å². The summed E-state index contributed by atoms with van der Waals surface area (Å²) in [5, 5.41) is 3.66. The van der Waals surface area contributed by atoms with Crippen molar-refractivity contribution in [2.24, 2.45) is 0 Å². The molecule has 1 amide bonds. The van der Waals surface area contributed by atoms with Gasteiger partial charge in [-0.3, -0.25) is 4.79 Å². The highest BCUT2D eigenvalue weighted by molar-refractivity contribution is 5.88. The molecule has 3 aromatic carbocycles. The van der Waals surface area contributed by atoms with Crippen LogP contribution in [0.15, 0.2) is 79.0 Å². The molecule has 0 aliphatic rings. The van der Waals surface area contributed by atoms with Crippen LogP contribution in [0.4, 0.5) is 4.39 Å². The van der Waals surface area contributed by atoms with Gasteiger partial charge in [-0.05, 0) is 40.5 Å². The van der Waals surface area contributed by atoms with Gasteiger partial charge in [0.1, 0.15) is 5.82 Å². The molecule has 0 saturated heterocycles. The average Bonchev–Trinajstić information content (AvgIpc) is 3.15. The molecule has 0 aliphatic carbocycles. The molecule has 0 bridgehead atoms. The Kier molecular flexibility index (Phi) is 6.20. The van der Waals surface area contributed by atoms with Crippen LogP contribution in [0.2, 0.25) is 0 Å². The third-order valence-corrected chi connectivity index (χ3v) is 4.97. The molecular formula is C25H23FN2O2. The Morgan fingerprint density at radius 1 is 0.900 bits per heavy atom. The van der Waals surface area contributed by atoms with E-state index in [0.29, 0.717) is 19.8 Å². The summed E-state index contributed by atoms with van der Waals surface area (Å²) in [5.41, 5.74) is 4.86. The zero-order valence-corrected chi connectivity index (χ0v) is 16.5. The van der Waals surface area contributed by atoms with E-state index in [1.807, 2.05) is 54.6 Å². The molecule has 4 nitrogen and oxygen atoms in total. The maximum atomic E-state index is 13.5. The third-order valence-electron chi connectivity index (χ3n) is 4.97. The fourth-order valence-electron chi connectivity index (χ4n) is 3.35. The van der Waals surface area contributed by atoms with E-state index < -0.39 is 0 Å². The Labute approximate surface area is 174 Å². The number of fused-ring (bicyclic) bond motifs is 1. The lowest BCUT2D eigenvalue weighted by Gasteiger charge is -2.08. The Hall–Kier alpha value is -3.44. The normalized spacial score (nSPS) is 11.0. The lowest BCUT2D eigenvalue weighted by atomic mass is 10.1. The average molecular weight is 402 g/mol. The van der Waals surface area contributed by atoms with Crippen LogP contribution in [0.3, 0.4) is 0 Å². The van der Waals surface area contributed by atoms with E-state index in [1.54, 1.807) is 12.3 Å². The van der Waals surface area contributed by atoms with Gasteiger partial charge < -0.3 is 15.0 Å². The van der Waals surface area contributed by atoms with Crippen LogP contribution in [0.1, 0.15) is 22.3 Å². The second kappa shape index (κ2) is 9.37. The number of carbonyl (C=O) groups excluding carboxylic acids is 1. The standard InChI is InChI=1S/C25H23FN2O2/c26-22-10-11-24-23(13-22)21(15-27-24)12-25(29)28-14-18-6-8-20(9-7-18)17-30-16-19-4-2-1-3-5-19/h1-11,13,15,27H,12,14,16-17H2,(H,28,29). The monoisotopic (exact) mass is 402 g/mol. The Morgan fingerprint density at radius 2 is 1.60 bits per heavy atom. The molecule has 5 heteroatoms. The summed E-state index contributed by atoms with van der Waals surface area (Å²) >= 11 is 0. The first kappa shape index (κ1) is 19.9. The quantitative estimate of drug-likeness (QED) is 0.441. The Bertz CT molecular complexity index is 1120. The van der Waals surface area contributed by atoms with Crippen LogP contribution >= 0.6 is 0 Å². The highest BCUT2D eigenvalue weighted by Gasteiger charge is 2.09. The number of ether oxygens (including phenoxy) is 1. The minimum atomic E-state index is -0.309. The molecule has 0 spiro atoms. The predicted octanol–water partition coefficient (Wildman–Crippen LogP) is 4.88. The fraction of sp³-hybridized carbons (Fsp3) is 0.160. The van der Waals surface area contributed by atoms with Crippen molar-refractivity contribution < 1.29 is 13.9 Å². The molecule has 152 valence electrons. The van der Waals surface area contributed by atoms with Gasteiger partial charge in [-0.25, -0.2) is 4.39 Å². The van der Waals surface area contributed by atoms with Crippen molar-refractivity contribution in [3.05, 3.63) is 107 Å². The zero-order valence-electron chi connectivity index (χ0n) is 16.5. The summed E-state index contributed by atoms with van der Waals surface area (Å²) < 4.78 is 19.2. The van der Waals surface area contributed by atoms with Crippen molar-refractivity contribution in [3.63, 3.8) is 0 Å². The van der Waals surface area contributed by atoms with Crippen LogP contribution in [0.5, 0.6) is 0 Å². The Balaban J connectivity index is 1.25. The van der Waals surface area contributed by atoms with Crippen molar-refractivity contribution in [1.29, 1.82) is 0 Å². The van der Waals surface area contributed by atoms with Crippen molar-refractivity contribution >= 4 is 16.8 Å². The van der Waals surface area contributed by atoms with Crippen molar-refractivity contribution in [3.8, 4) is 0 Å². The number of rotatable bonds is 8. The van der Waals surface area contributed by atoms with Gasteiger partial charge in [0.05, 0.1) is 19.6 Å². The molecule has 1 aromatic heterocycles. The van der Waals surface area contributed by atoms with Gasteiger partial charge in [-0.1, -0.05) is 54.6 Å². The first-order valence-corrected chi connectivity index (χ1v) is 9.89. The van der Waals surface area contributed by atoms with Crippen molar-refractivity contribution in [2.45, 2.75) is 26.2 Å². The molecule has 4 rings (SSSR count). The zero-order chi connectivity index (χ0) is 20.8. The number of hydrogen-bond acceptors (Lipinski definition) is 2. The first-order chi connectivity index (χ1) is 14.7. The van der Waals surface area contributed by atoms with Gasteiger partial charge in [0.25, 0.3) is 0 Å². The fourth-order valence-corrected chi connectivity index (χ4v) is 3.35. The number of aromatic amines is 1. The van der Waals surface area contributed by atoms with E-state index >= 15 is 0 Å². The summed E-state index contributed by atoms with van der Waals surface area (Å²) in [7, 11) is 0. The SMILES string of the molecule is O=C(Cc1c[nH]c2ccc(F)cc12)NCc1ccc(COCc2ccccc2)cc1. The molecule has 4 aromatic rings. The van der Waals surface area contributed by atoms with Gasteiger partial charge in [-0.2, -0.15) is 0 Å². The molecular weight excluding hydrogens is 379 g/mol. The second-order valence-electron chi connectivity index (χ2n) is 7.25. The summed E-state index contributed by atoms with van der Waals surface area (Å²) in [6, 6.07) is 22.6. The summed E-state index contributed by atoms with van der Waals surface area (Å²) in [5.74, 6) is -0.410. The largest absolute Gasteiger partial charge is 0.372 e. The highest BCUT2D eigenvalue weighted by Crippen LogP contribution is 2.20. The number of carbonyl (C=O) groups is 1. The van der Waals surface area contributed by atoms with Crippen molar-refractivity contribution in [2.75, 3.05) is 0 Å². The van der Waals surface area contributed by atoms with Crippen LogP contribution < -0.4 is 5.32 Å². The maximum absolute atomic E-state index is 13.5. The van der Waals surface area contributed by atoms with Gasteiger partial charge in [0.15, 0.2) is 0 Å². The number of hydrogen-bond donors (Lipinski definition) is 2. The van der Waals surface area contributed by atoms with E-state index in [0.717, 1.165) is 33.2 Å². The molecule has 0 atom stereocenters.